The Morgan fingerprint density at radius 3 is 2.76 bits per heavy atom. The lowest BCUT2D eigenvalue weighted by Crippen LogP contribution is -2.29. The van der Waals surface area contributed by atoms with Crippen LogP contribution in [0.4, 0.5) is 0 Å². The number of benzene rings is 1. The number of hydrogen-bond acceptors (Lipinski definition) is 2. The van der Waals surface area contributed by atoms with Crippen molar-refractivity contribution in [3.05, 3.63) is 35.4 Å². The van der Waals surface area contributed by atoms with Crippen LogP contribution in [0.5, 0.6) is 0 Å². The second kappa shape index (κ2) is 10.0. The highest BCUT2D eigenvalue weighted by atomic mass is 16.1. The number of carbonyl (C=O) groups is 1. The molecular formula is C18H26N2O. The summed E-state index contributed by atoms with van der Waals surface area (Å²) >= 11 is 0. The molecule has 0 heterocycles. The summed E-state index contributed by atoms with van der Waals surface area (Å²) in [5.74, 6) is 6.26. The van der Waals surface area contributed by atoms with Gasteiger partial charge in [-0.25, -0.2) is 0 Å². The number of unbranched alkanes of at least 4 members (excludes halogenated alkanes) is 1. The maximum Gasteiger partial charge on any atom is 0.252 e. The number of hydrogen-bond donors (Lipinski definition) is 2. The molecule has 1 aromatic carbocycles. The molecule has 0 bridgehead atoms. The van der Waals surface area contributed by atoms with E-state index >= 15 is 0 Å². The van der Waals surface area contributed by atoms with Crippen molar-refractivity contribution in [2.45, 2.75) is 39.5 Å². The van der Waals surface area contributed by atoms with Crippen molar-refractivity contribution in [1.82, 2.24) is 5.32 Å². The second-order valence-electron chi connectivity index (χ2n) is 5.18. The maximum atomic E-state index is 12.3. The van der Waals surface area contributed by atoms with Gasteiger partial charge in [-0.15, -0.1) is 0 Å². The largest absolute Gasteiger partial charge is 0.352 e. The molecule has 0 aliphatic rings. The smallest absolute Gasteiger partial charge is 0.252 e. The predicted octanol–water partition coefficient (Wildman–Crippen LogP) is 2.94. The van der Waals surface area contributed by atoms with Crippen LogP contribution in [-0.2, 0) is 0 Å². The van der Waals surface area contributed by atoms with Gasteiger partial charge in [0.05, 0.1) is 12.1 Å². The van der Waals surface area contributed by atoms with Crippen molar-refractivity contribution in [2.24, 2.45) is 11.7 Å². The maximum absolute atomic E-state index is 12.3. The van der Waals surface area contributed by atoms with Crippen LogP contribution in [0.2, 0.25) is 0 Å². The Bertz CT molecular complexity index is 499. The molecule has 1 aromatic rings. The molecule has 1 rings (SSSR count). The molecule has 21 heavy (non-hydrogen) atoms. The number of nitrogens with one attached hydrogen (secondary N) is 1. The van der Waals surface area contributed by atoms with Crippen LogP contribution in [0.15, 0.2) is 24.3 Å². The minimum Gasteiger partial charge on any atom is -0.352 e. The standard InChI is InChI=1S/C18H26N2O/c1-3-5-9-15(4-2)14-20-18(21)17-12-7-6-10-16(17)11-8-13-19/h6-7,10,12,15H,3-5,9,13-14,19H2,1-2H3,(H,20,21). The third-order valence-electron chi connectivity index (χ3n) is 3.59. The summed E-state index contributed by atoms with van der Waals surface area (Å²) in [5, 5.41) is 3.04. The highest BCUT2D eigenvalue weighted by Crippen LogP contribution is 2.12. The Labute approximate surface area is 128 Å². The van der Waals surface area contributed by atoms with E-state index in [1.165, 1.54) is 19.3 Å². The number of rotatable bonds is 7. The average Bonchev–Trinajstić information content (AvgIpc) is 2.53. The highest BCUT2D eigenvalue weighted by Gasteiger charge is 2.12. The van der Waals surface area contributed by atoms with Gasteiger partial charge >= 0.3 is 0 Å². The fourth-order valence-corrected chi connectivity index (χ4v) is 2.21. The van der Waals surface area contributed by atoms with Gasteiger partial charge < -0.3 is 11.1 Å². The summed E-state index contributed by atoms with van der Waals surface area (Å²) in [7, 11) is 0. The molecule has 114 valence electrons. The Hall–Kier alpha value is -1.79. The van der Waals surface area contributed by atoms with Crippen LogP contribution in [0.25, 0.3) is 0 Å². The quantitative estimate of drug-likeness (QED) is 0.757. The molecular weight excluding hydrogens is 260 g/mol. The van der Waals surface area contributed by atoms with Crippen molar-refractivity contribution < 1.29 is 4.79 Å². The first-order valence-electron chi connectivity index (χ1n) is 7.79. The molecule has 0 spiro atoms. The lowest BCUT2D eigenvalue weighted by molar-refractivity contribution is 0.0945. The monoisotopic (exact) mass is 286 g/mol. The van der Waals surface area contributed by atoms with Crippen molar-refractivity contribution in [2.75, 3.05) is 13.1 Å². The van der Waals surface area contributed by atoms with Crippen LogP contribution >= 0.6 is 0 Å². The lowest BCUT2D eigenvalue weighted by atomic mass is 9.99. The zero-order valence-electron chi connectivity index (χ0n) is 13.1. The van der Waals surface area contributed by atoms with Crippen LogP contribution in [0, 0.1) is 17.8 Å². The van der Waals surface area contributed by atoms with Crippen LogP contribution in [0.1, 0.15) is 55.5 Å². The molecule has 0 saturated carbocycles. The van der Waals surface area contributed by atoms with Gasteiger partial charge in [-0.3, -0.25) is 4.79 Å². The molecule has 0 fully saturated rings. The summed E-state index contributed by atoms with van der Waals surface area (Å²) < 4.78 is 0. The van der Waals surface area contributed by atoms with E-state index in [2.05, 4.69) is 31.0 Å². The van der Waals surface area contributed by atoms with Crippen molar-refractivity contribution in [3.8, 4) is 11.8 Å². The zero-order valence-corrected chi connectivity index (χ0v) is 13.1. The summed E-state index contributed by atoms with van der Waals surface area (Å²) in [4.78, 5) is 12.3. The first-order chi connectivity index (χ1) is 10.2. The molecule has 1 atom stereocenters. The van der Waals surface area contributed by atoms with Crippen molar-refractivity contribution >= 4 is 5.91 Å². The van der Waals surface area contributed by atoms with E-state index in [0.29, 0.717) is 18.0 Å². The first kappa shape index (κ1) is 17.3. The molecule has 1 unspecified atom stereocenters. The van der Waals surface area contributed by atoms with Crippen molar-refractivity contribution in [3.63, 3.8) is 0 Å². The normalized spacial score (nSPS) is 11.4. The van der Waals surface area contributed by atoms with Crippen molar-refractivity contribution in [1.29, 1.82) is 0 Å². The first-order valence-corrected chi connectivity index (χ1v) is 7.79. The average molecular weight is 286 g/mol. The fraction of sp³-hybridized carbons (Fsp3) is 0.500. The van der Waals surface area contributed by atoms with E-state index in [1.807, 2.05) is 24.3 Å². The van der Waals surface area contributed by atoms with E-state index < -0.39 is 0 Å². The molecule has 0 radical (unpaired) electrons. The lowest BCUT2D eigenvalue weighted by Gasteiger charge is -2.15. The third kappa shape index (κ3) is 6.01. The fourth-order valence-electron chi connectivity index (χ4n) is 2.21. The summed E-state index contributed by atoms with van der Waals surface area (Å²) in [5.41, 5.74) is 6.76. The number of carbonyl (C=O) groups excluding carboxylic acids is 1. The van der Waals surface area contributed by atoms with Crippen LogP contribution in [0.3, 0.4) is 0 Å². The van der Waals surface area contributed by atoms with Gasteiger partial charge in [0, 0.05) is 12.1 Å². The van der Waals surface area contributed by atoms with Gasteiger partial charge in [-0.2, -0.15) is 0 Å². The second-order valence-corrected chi connectivity index (χ2v) is 5.18. The van der Waals surface area contributed by atoms with Gasteiger partial charge in [-0.05, 0) is 24.5 Å². The van der Waals surface area contributed by atoms with E-state index in [1.54, 1.807) is 0 Å². The molecule has 3 N–H and O–H groups in total. The Morgan fingerprint density at radius 1 is 1.33 bits per heavy atom. The summed E-state index contributed by atoms with van der Waals surface area (Å²) in [6, 6.07) is 7.40. The Kier molecular flexibility index (Phi) is 8.23. The molecule has 3 nitrogen and oxygen atoms in total. The predicted molar refractivity (Wildman–Crippen MR) is 88.0 cm³/mol. The van der Waals surface area contributed by atoms with Gasteiger partial charge in [-0.1, -0.05) is 57.1 Å². The minimum atomic E-state index is -0.0492. The molecule has 0 saturated heterocycles. The molecule has 0 aliphatic carbocycles. The number of amides is 1. The van der Waals surface area contributed by atoms with Gasteiger partial charge in [0.1, 0.15) is 0 Å². The van der Waals surface area contributed by atoms with E-state index in [0.717, 1.165) is 18.5 Å². The molecule has 3 heteroatoms. The van der Waals surface area contributed by atoms with Gasteiger partial charge in [0.25, 0.3) is 5.91 Å². The third-order valence-corrected chi connectivity index (χ3v) is 3.59. The molecule has 0 aromatic heterocycles. The van der Waals surface area contributed by atoms with Crippen LogP contribution < -0.4 is 11.1 Å². The van der Waals surface area contributed by atoms with Crippen LogP contribution in [-0.4, -0.2) is 19.0 Å². The topological polar surface area (TPSA) is 55.1 Å². The Balaban J connectivity index is 2.67. The zero-order chi connectivity index (χ0) is 15.5. The molecule has 0 aliphatic heterocycles. The number of nitrogens with two attached hydrogens (primary N) is 1. The van der Waals surface area contributed by atoms with Gasteiger partial charge in [0.15, 0.2) is 0 Å². The van der Waals surface area contributed by atoms with Gasteiger partial charge in [0.2, 0.25) is 0 Å². The highest BCUT2D eigenvalue weighted by molar-refractivity contribution is 5.96. The van der Waals surface area contributed by atoms with E-state index in [4.69, 9.17) is 5.73 Å². The molecule has 1 amide bonds. The summed E-state index contributed by atoms with van der Waals surface area (Å²) in [6.45, 7) is 5.39. The summed E-state index contributed by atoms with van der Waals surface area (Å²) in [6.07, 6.45) is 4.67. The SMILES string of the molecule is CCCCC(CC)CNC(=O)c1ccccc1C#CCN. The Morgan fingerprint density at radius 2 is 2.10 bits per heavy atom. The minimum absolute atomic E-state index is 0.0492. The van der Waals surface area contributed by atoms with E-state index in [9.17, 15) is 4.79 Å². The van der Waals surface area contributed by atoms with E-state index in [-0.39, 0.29) is 5.91 Å².